The third-order valence-corrected chi connectivity index (χ3v) is 4.29. The predicted molar refractivity (Wildman–Crippen MR) is 85.0 cm³/mol. The van der Waals surface area contributed by atoms with Gasteiger partial charge in [0.05, 0.1) is 12.7 Å². The number of nitrogens with one attached hydrogen (secondary N) is 1. The molecule has 1 aromatic carbocycles. The van der Waals surface area contributed by atoms with Crippen LogP contribution in [0.5, 0.6) is 0 Å². The Labute approximate surface area is 127 Å². The normalized spacial score (nSPS) is 17.2. The van der Waals surface area contributed by atoms with Gasteiger partial charge in [0.2, 0.25) is 0 Å². The van der Waals surface area contributed by atoms with Crippen LogP contribution in [0.15, 0.2) is 35.3 Å². The van der Waals surface area contributed by atoms with Gasteiger partial charge in [-0.3, -0.25) is 9.48 Å². The van der Waals surface area contributed by atoms with E-state index in [1.54, 1.807) is 17.9 Å². The third kappa shape index (κ3) is 1.91. The summed E-state index contributed by atoms with van der Waals surface area (Å²) in [4.78, 5) is 21.8. The summed E-state index contributed by atoms with van der Waals surface area (Å²) in [5, 5.41) is 4.63. The second kappa shape index (κ2) is 4.69. The fourth-order valence-electron chi connectivity index (χ4n) is 3.20. The molecular weight excluding hydrogens is 278 g/mol. The Hall–Kier alpha value is -2.63. The van der Waals surface area contributed by atoms with Gasteiger partial charge >= 0.3 is 0 Å². The van der Waals surface area contributed by atoms with Crippen molar-refractivity contribution in [1.82, 2.24) is 19.7 Å². The van der Waals surface area contributed by atoms with Crippen LogP contribution in [0.4, 0.5) is 5.69 Å². The molecule has 0 amide bonds. The lowest BCUT2D eigenvalue weighted by Crippen LogP contribution is -2.24. The minimum Gasteiger partial charge on any atom is -0.363 e. The maximum atomic E-state index is 12.1. The maximum absolute atomic E-state index is 12.1. The number of aromatic nitrogens is 4. The van der Waals surface area contributed by atoms with Crippen LogP contribution in [0.25, 0.3) is 11.0 Å². The largest absolute Gasteiger partial charge is 0.363 e. The van der Waals surface area contributed by atoms with Gasteiger partial charge in [-0.05, 0) is 11.6 Å². The van der Waals surface area contributed by atoms with Gasteiger partial charge in [-0.1, -0.05) is 25.1 Å². The fraction of sp³-hybridized carbons (Fsp3) is 0.312. The van der Waals surface area contributed by atoms with Crippen molar-refractivity contribution in [3.8, 4) is 0 Å². The van der Waals surface area contributed by atoms with Gasteiger partial charge in [0.25, 0.3) is 5.56 Å². The number of anilines is 1. The molecule has 0 saturated carbocycles. The predicted octanol–water partition coefficient (Wildman–Crippen LogP) is 1.78. The molecule has 0 bridgehead atoms. The standard InChI is InChI=1S/C16H17N5O/c1-10-8-21(13-6-4-3-5-11(10)13)9-14-18-15-12(16(22)19-14)7-17-20(15)2/h3-7,10H,8-9H2,1-2H3,(H,18,19,22)/t10-/m0/s1. The van der Waals surface area contributed by atoms with Crippen LogP contribution in [0.1, 0.15) is 24.2 Å². The number of para-hydroxylation sites is 1. The lowest BCUT2D eigenvalue weighted by molar-refractivity contribution is 0.719. The number of aromatic amines is 1. The SMILES string of the molecule is C[C@H]1CN(Cc2nc3c(cnn3C)c(=O)[nH]2)c2ccccc21. The molecule has 0 aliphatic carbocycles. The highest BCUT2D eigenvalue weighted by atomic mass is 16.1. The topological polar surface area (TPSA) is 66.8 Å². The number of benzene rings is 1. The molecule has 0 spiro atoms. The molecule has 4 rings (SSSR count). The molecule has 2 aromatic heterocycles. The van der Waals surface area contributed by atoms with Gasteiger partial charge in [-0.2, -0.15) is 5.10 Å². The van der Waals surface area contributed by atoms with Crippen molar-refractivity contribution in [3.05, 3.63) is 52.2 Å². The number of aryl methyl sites for hydroxylation is 1. The Kier molecular flexibility index (Phi) is 2.79. The summed E-state index contributed by atoms with van der Waals surface area (Å²) in [5.41, 5.74) is 3.07. The average Bonchev–Trinajstić information content (AvgIpc) is 3.02. The van der Waals surface area contributed by atoms with E-state index in [1.807, 2.05) is 6.07 Å². The molecule has 3 aromatic rings. The molecule has 1 aliphatic rings. The van der Waals surface area contributed by atoms with Crippen LogP contribution >= 0.6 is 0 Å². The van der Waals surface area contributed by atoms with Crippen molar-refractivity contribution < 1.29 is 0 Å². The van der Waals surface area contributed by atoms with Gasteiger partial charge in [0.1, 0.15) is 11.2 Å². The van der Waals surface area contributed by atoms with Crippen LogP contribution in [0.2, 0.25) is 0 Å². The van der Waals surface area contributed by atoms with Crippen molar-refractivity contribution in [3.63, 3.8) is 0 Å². The molecule has 22 heavy (non-hydrogen) atoms. The molecule has 1 N–H and O–H groups in total. The Morgan fingerprint density at radius 3 is 3.05 bits per heavy atom. The van der Waals surface area contributed by atoms with Gasteiger partial charge in [-0.15, -0.1) is 0 Å². The molecule has 0 fully saturated rings. The molecule has 0 unspecified atom stereocenters. The van der Waals surface area contributed by atoms with Gasteiger partial charge in [-0.25, -0.2) is 4.98 Å². The first kappa shape index (κ1) is 13.1. The van der Waals surface area contributed by atoms with Crippen molar-refractivity contribution in [2.75, 3.05) is 11.4 Å². The van der Waals surface area contributed by atoms with Crippen LogP contribution in [0, 0.1) is 0 Å². The first-order valence-corrected chi connectivity index (χ1v) is 7.38. The first-order valence-electron chi connectivity index (χ1n) is 7.38. The highest BCUT2D eigenvalue weighted by Crippen LogP contribution is 2.36. The molecule has 1 atom stereocenters. The van der Waals surface area contributed by atoms with E-state index < -0.39 is 0 Å². The summed E-state index contributed by atoms with van der Waals surface area (Å²) in [6.45, 7) is 3.75. The van der Waals surface area contributed by atoms with Crippen molar-refractivity contribution in [2.45, 2.75) is 19.4 Å². The number of fused-ring (bicyclic) bond motifs is 2. The Morgan fingerprint density at radius 2 is 2.18 bits per heavy atom. The summed E-state index contributed by atoms with van der Waals surface area (Å²) in [5.74, 6) is 1.16. The van der Waals surface area contributed by atoms with Crippen molar-refractivity contribution in [1.29, 1.82) is 0 Å². The van der Waals surface area contributed by atoms with E-state index in [-0.39, 0.29) is 5.56 Å². The van der Waals surface area contributed by atoms with E-state index in [0.717, 1.165) is 6.54 Å². The zero-order valence-electron chi connectivity index (χ0n) is 12.6. The van der Waals surface area contributed by atoms with Crippen LogP contribution in [-0.4, -0.2) is 26.3 Å². The van der Waals surface area contributed by atoms with E-state index in [9.17, 15) is 4.79 Å². The van der Waals surface area contributed by atoms with Crippen molar-refractivity contribution in [2.24, 2.45) is 7.05 Å². The lowest BCUT2D eigenvalue weighted by atomic mass is 10.0. The molecule has 0 radical (unpaired) electrons. The molecule has 112 valence electrons. The second-order valence-electron chi connectivity index (χ2n) is 5.86. The molecule has 6 nitrogen and oxygen atoms in total. The Morgan fingerprint density at radius 1 is 1.36 bits per heavy atom. The van der Waals surface area contributed by atoms with Crippen molar-refractivity contribution >= 4 is 16.7 Å². The lowest BCUT2D eigenvalue weighted by Gasteiger charge is -2.18. The number of rotatable bonds is 2. The summed E-state index contributed by atoms with van der Waals surface area (Å²) in [6, 6.07) is 8.41. The van der Waals surface area contributed by atoms with Gasteiger partial charge in [0.15, 0.2) is 5.65 Å². The molecule has 3 heterocycles. The number of hydrogen-bond donors (Lipinski definition) is 1. The highest BCUT2D eigenvalue weighted by molar-refractivity contribution is 5.73. The molecule has 0 saturated heterocycles. The smallest absolute Gasteiger partial charge is 0.262 e. The number of H-pyrrole nitrogens is 1. The molecule has 6 heteroatoms. The minimum absolute atomic E-state index is 0.131. The maximum Gasteiger partial charge on any atom is 0.262 e. The van der Waals surface area contributed by atoms with E-state index in [4.69, 9.17) is 0 Å². The van der Waals surface area contributed by atoms with E-state index in [0.29, 0.717) is 29.3 Å². The van der Waals surface area contributed by atoms with Gasteiger partial charge < -0.3 is 9.88 Å². The van der Waals surface area contributed by atoms with Crippen LogP contribution < -0.4 is 10.5 Å². The summed E-state index contributed by atoms with van der Waals surface area (Å²) in [6.07, 6.45) is 1.55. The highest BCUT2D eigenvalue weighted by Gasteiger charge is 2.25. The molecular formula is C16H17N5O. The minimum atomic E-state index is -0.131. The zero-order valence-corrected chi connectivity index (χ0v) is 12.6. The van der Waals surface area contributed by atoms with E-state index >= 15 is 0 Å². The quantitative estimate of drug-likeness (QED) is 0.782. The van der Waals surface area contributed by atoms with E-state index in [1.165, 1.54) is 11.3 Å². The second-order valence-corrected chi connectivity index (χ2v) is 5.86. The van der Waals surface area contributed by atoms with Crippen LogP contribution in [0.3, 0.4) is 0 Å². The Bertz CT molecular complexity index is 910. The number of hydrogen-bond acceptors (Lipinski definition) is 4. The monoisotopic (exact) mass is 295 g/mol. The van der Waals surface area contributed by atoms with E-state index in [2.05, 4.69) is 45.1 Å². The molecule has 1 aliphatic heterocycles. The average molecular weight is 295 g/mol. The Balaban J connectivity index is 1.73. The fourth-order valence-corrected chi connectivity index (χ4v) is 3.20. The number of nitrogens with zero attached hydrogens (tertiary/aromatic N) is 4. The first-order chi connectivity index (χ1) is 10.6. The zero-order chi connectivity index (χ0) is 15.3. The third-order valence-electron chi connectivity index (χ3n) is 4.29. The summed E-state index contributed by atoms with van der Waals surface area (Å²) >= 11 is 0. The summed E-state index contributed by atoms with van der Waals surface area (Å²) in [7, 11) is 1.80. The van der Waals surface area contributed by atoms with Crippen LogP contribution in [-0.2, 0) is 13.6 Å². The van der Waals surface area contributed by atoms with Gasteiger partial charge in [0, 0.05) is 25.2 Å². The summed E-state index contributed by atoms with van der Waals surface area (Å²) < 4.78 is 1.63.